The molecule has 0 aromatic heterocycles. The molecule has 1 atom stereocenters. The van der Waals surface area contributed by atoms with Gasteiger partial charge < -0.3 is 10.5 Å². The highest BCUT2D eigenvalue weighted by Gasteiger charge is 2.24. The van der Waals surface area contributed by atoms with Gasteiger partial charge in [-0.3, -0.25) is 0 Å². The van der Waals surface area contributed by atoms with E-state index in [0.29, 0.717) is 5.92 Å². The standard InChI is InChI=1S/C16H25NO.ClH/c1-12(2)18-15-11-7-6-10-14(15)16(17)13-8-4-3-5-9-13;/h6-7,10-13,16H,3-5,8-9,17H2,1-2H3;1H/t16-;/m0./s1. The van der Waals surface area contributed by atoms with Crippen molar-refractivity contribution in [1.29, 1.82) is 0 Å². The predicted molar refractivity (Wildman–Crippen MR) is 83.0 cm³/mol. The Morgan fingerprint density at radius 1 is 1.11 bits per heavy atom. The van der Waals surface area contributed by atoms with E-state index in [4.69, 9.17) is 10.5 Å². The Balaban J connectivity index is 0.00000180. The van der Waals surface area contributed by atoms with Crippen molar-refractivity contribution in [3.63, 3.8) is 0 Å². The van der Waals surface area contributed by atoms with Gasteiger partial charge in [0.2, 0.25) is 0 Å². The van der Waals surface area contributed by atoms with Crippen LogP contribution < -0.4 is 10.5 Å². The van der Waals surface area contributed by atoms with Gasteiger partial charge >= 0.3 is 0 Å². The lowest BCUT2D eigenvalue weighted by molar-refractivity contribution is 0.232. The zero-order valence-electron chi connectivity index (χ0n) is 12.0. The first-order chi connectivity index (χ1) is 8.68. The lowest BCUT2D eigenvalue weighted by Gasteiger charge is -2.29. The number of hydrogen-bond acceptors (Lipinski definition) is 2. The molecule has 0 aliphatic heterocycles. The number of nitrogens with two attached hydrogens (primary N) is 1. The molecular formula is C16H26ClNO. The Kier molecular flexibility index (Phi) is 6.67. The molecule has 2 N–H and O–H groups in total. The number of hydrogen-bond donors (Lipinski definition) is 1. The number of halogens is 1. The maximum atomic E-state index is 6.47. The summed E-state index contributed by atoms with van der Waals surface area (Å²) in [5, 5.41) is 0. The molecule has 1 aliphatic rings. The van der Waals surface area contributed by atoms with Crippen molar-refractivity contribution in [2.24, 2.45) is 11.7 Å². The van der Waals surface area contributed by atoms with Crippen LogP contribution in [-0.4, -0.2) is 6.10 Å². The van der Waals surface area contributed by atoms with Crippen LogP contribution in [0, 0.1) is 5.92 Å². The number of benzene rings is 1. The molecule has 2 nitrogen and oxygen atoms in total. The van der Waals surface area contributed by atoms with Gasteiger partial charge in [-0.15, -0.1) is 12.4 Å². The van der Waals surface area contributed by atoms with Crippen LogP contribution in [0.2, 0.25) is 0 Å². The smallest absolute Gasteiger partial charge is 0.124 e. The van der Waals surface area contributed by atoms with Gasteiger partial charge in [0.1, 0.15) is 5.75 Å². The zero-order valence-corrected chi connectivity index (χ0v) is 12.8. The molecule has 0 amide bonds. The summed E-state index contributed by atoms with van der Waals surface area (Å²) in [5.74, 6) is 1.58. The van der Waals surface area contributed by atoms with Crippen molar-refractivity contribution in [3.8, 4) is 5.75 Å². The SMILES string of the molecule is CC(C)Oc1ccccc1[C@@H](N)C1CCCCC1.Cl. The minimum atomic E-state index is 0. The van der Waals surface area contributed by atoms with Crippen molar-refractivity contribution in [1.82, 2.24) is 0 Å². The molecule has 0 bridgehead atoms. The van der Waals surface area contributed by atoms with E-state index in [1.165, 1.54) is 37.7 Å². The quantitative estimate of drug-likeness (QED) is 0.884. The van der Waals surface area contributed by atoms with Gasteiger partial charge in [-0.05, 0) is 38.7 Å². The molecule has 1 aliphatic carbocycles. The topological polar surface area (TPSA) is 35.2 Å². The van der Waals surface area contributed by atoms with Gasteiger partial charge in [0.25, 0.3) is 0 Å². The van der Waals surface area contributed by atoms with E-state index < -0.39 is 0 Å². The molecule has 0 heterocycles. The van der Waals surface area contributed by atoms with E-state index in [2.05, 4.69) is 26.0 Å². The van der Waals surface area contributed by atoms with Crippen LogP contribution in [0.25, 0.3) is 0 Å². The molecule has 19 heavy (non-hydrogen) atoms. The summed E-state index contributed by atoms with van der Waals surface area (Å²) in [4.78, 5) is 0. The zero-order chi connectivity index (χ0) is 13.0. The second-order valence-electron chi connectivity index (χ2n) is 5.63. The van der Waals surface area contributed by atoms with Crippen molar-refractivity contribution < 1.29 is 4.74 Å². The van der Waals surface area contributed by atoms with Gasteiger partial charge in [-0.1, -0.05) is 37.5 Å². The molecule has 0 spiro atoms. The minimum Gasteiger partial charge on any atom is -0.491 e. The van der Waals surface area contributed by atoms with E-state index in [1.54, 1.807) is 0 Å². The summed E-state index contributed by atoms with van der Waals surface area (Å²) in [7, 11) is 0. The average molecular weight is 284 g/mol. The molecule has 0 saturated heterocycles. The lowest BCUT2D eigenvalue weighted by atomic mass is 9.81. The van der Waals surface area contributed by atoms with Crippen LogP contribution in [0.4, 0.5) is 0 Å². The Morgan fingerprint density at radius 2 is 1.74 bits per heavy atom. The van der Waals surface area contributed by atoms with E-state index >= 15 is 0 Å². The minimum absolute atomic E-state index is 0. The van der Waals surface area contributed by atoms with Crippen LogP contribution in [0.1, 0.15) is 57.6 Å². The molecule has 1 aromatic rings. The fourth-order valence-corrected chi connectivity index (χ4v) is 2.86. The third kappa shape index (κ3) is 4.39. The third-order valence-corrected chi connectivity index (χ3v) is 3.80. The van der Waals surface area contributed by atoms with Crippen molar-refractivity contribution in [2.45, 2.75) is 58.1 Å². The molecule has 1 aromatic carbocycles. The Morgan fingerprint density at radius 3 is 2.37 bits per heavy atom. The van der Waals surface area contributed by atoms with Crippen LogP contribution in [-0.2, 0) is 0 Å². The first-order valence-electron chi connectivity index (χ1n) is 7.19. The fraction of sp³-hybridized carbons (Fsp3) is 0.625. The van der Waals surface area contributed by atoms with Crippen LogP contribution in [0.15, 0.2) is 24.3 Å². The van der Waals surface area contributed by atoms with Crippen molar-refractivity contribution in [2.75, 3.05) is 0 Å². The first kappa shape index (κ1) is 16.3. The fourth-order valence-electron chi connectivity index (χ4n) is 2.86. The molecule has 3 heteroatoms. The van der Waals surface area contributed by atoms with E-state index in [-0.39, 0.29) is 24.6 Å². The normalized spacial score (nSPS) is 17.9. The highest BCUT2D eigenvalue weighted by Crippen LogP contribution is 2.36. The first-order valence-corrected chi connectivity index (χ1v) is 7.19. The molecule has 2 rings (SSSR count). The Bertz CT molecular complexity index is 375. The molecular weight excluding hydrogens is 258 g/mol. The van der Waals surface area contributed by atoms with Gasteiger partial charge in [0.15, 0.2) is 0 Å². The maximum absolute atomic E-state index is 6.47. The summed E-state index contributed by atoms with van der Waals surface area (Å²) in [5.41, 5.74) is 7.65. The maximum Gasteiger partial charge on any atom is 0.124 e. The summed E-state index contributed by atoms with van der Waals surface area (Å²) in [6.45, 7) is 4.12. The van der Waals surface area contributed by atoms with Crippen LogP contribution in [0.5, 0.6) is 5.75 Å². The number of rotatable bonds is 4. The summed E-state index contributed by atoms with van der Waals surface area (Å²) in [6.07, 6.45) is 6.74. The molecule has 0 radical (unpaired) electrons. The third-order valence-electron chi connectivity index (χ3n) is 3.80. The van der Waals surface area contributed by atoms with Crippen LogP contribution >= 0.6 is 12.4 Å². The van der Waals surface area contributed by atoms with Gasteiger partial charge in [-0.2, -0.15) is 0 Å². The molecule has 0 unspecified atom stereocenters. The van der Waals surface area contributed by atoms with Gasteiger partial charge in [0.05, 0.1) is 6.10 Å². The highest BCUT2D eigenvalue weighted by molar-refractivity contribution is 5.85. The molecule has 108 valence electrons. The number of para-hydroxylation sites is 1. The van der Waals surface area contributed by atoms with Crippen LogP contribution in [0.3, 0.4) is 0 Å². The molecule has 1 saturated carbocycles. The summed E-state index contributed by atoms with van der Waals surface area (Å²) >= 11 is 0. The van der Waals surface area contributed by atoms with E-state index in [1.807, 2.05) is 12.1 Å². The monoisotopic (exact) mass is 283 g/mol. The van der Waals surface area contributed by atoms with Gasteiger partial charge in [0, 0.05) is 11.6 Å². The summed E-state index contributed by atoms with van der Waals surface area (Å²) in [6, 6.07) is 8.37. The predicted octanol–water partition coefficient (Wildman–Crippen LogP) is 4.48. The lowest BCUT2D eigenvalue weighted by Crippen LogP contribution is -2.24. The van der Waals surface area contributed by atoms with E-state index in [0.717, 1.165) is 5.75 Å². The number of ether oxygens (including phenoxy) is 1. The largest absolute Gasteiger partial charge is 0.491 e. The Hall–Kier alpha value is -0.730. The second kappa shape index (κ2) is 7.76. The average Bonchev–Trinajstić information content (AvgIpc) is 2.39. The van der Waals surface area contributed by atoms with Crippen molar-refractivity contribution >= 4 is 12.4 Å². The van der Waals surface area contributed by atoms with Crippen molar-refractivity contribution in [3.05, 3.63) is 29.8 Å². The summed E-state index contributed by atoms with van der Waals surface area (Å²) < 4.78 is 5.88. The molecule has 1 fully saturated rings. The highest BCUT2D eigenvalue weighted by atomic mass is 35.5. The Labute approximate surface area is 123 Å². The van der Waals surface area contributed by atoms with E-state index in [9.17, 15) is 0 Å². The van der Waals surface area contributed by atoms with Gasteiger partial charge in [-0.25, -0.2) is 0 Å². The second-order valence-corrected chi connectivity index (χ2v) is 5.63.